The normalized spacial score (nSPS) is 17.2. The minimum atomic E-state index is -3.38. The van der Waals surface area contributed by atoms with Gasteiger partial charge in [-0.3, -0.25) is 0 Å². The lowest BCUT2D eigenvalue weighted by atomic mass is 10.1. The molecule has 0 saturated carbocycles. The summed E-state index contributed by atoms with van der Waals surface area (Å²) in [4.78, 5) is 2.65. The monoisotopic (exact) mass is 393 g/mol. The van der Waals surface area contributed by atoms with Gasteiger partial charge in [-0.1, -0.05) is 18.2 Å². The molecule has 2 aromatic rings. The lowest BCUT2D eigenvalue weighted by Crippen LogP contribution is -2.28. The van der Waals surface area contributed by atoms with Crippen LogP contribution in [0.1, 0.15) is 24.0 Å². The average Bonchev–Trinajstić information content (AvgIpc) is 3.25. The Bertz CT molecular complexity index is 895. The van der Waals surface area contributed by atoms with Crippen LogP contribution in [0.15, 0.2) is 47.4 Å². The van der Waals surface area contributed by atoms with Crippen LogP contribution in [-0.4, -0.2) is 32.4 Å². The Morgan fingerprint density at radius 3 is 2.50 bits per heavy atom. The van der Waals surface area contributed by atoms with Crippen molar-refractivity contribution in [2.75, 3.05) is 30.3 Å². The summed E-state index contributed by atoms with van der Waals surface area (Å²) >= 11 is 0. The topological polar surface area (TPSA) is 66.6 Å². The van der Waals surface area contributed by atoms with E-state index in [2.05, 4.69) is 11.0 Å². The average molecular weight is 394 g/mol. The van der Waals surface area contributed by atoms with Gasteiger partial charge in [0.25, 0.3) is 0 Å². The van der Waals surface area contributed by atoms with E-state index in [-0.39, 0.29) is 12.4 Å². The van der Waals surface area contributed by atoms with Crippen molar-refractivity contribution in [1.82, 2.24) is 4.31 Å². The van der Waals surface area contributed by atoms with E-state index in [1.165, 1.54) is 5.56 Å². The van der Waals surface area contributed by atoms with Gasteiger partial charge >= 0.3 is 0 Å². The highest BCUT2D eigenvalue weighted by Crippen LogP contribution is 2.33. The zero-order valence-corrected chi connectivity index (χ0v) is 16.2. The molecular formula is C19H24ClN3O2S. The molecule has 0 amide bonds. The van der Waals surface area contributed by atoms with E-state index in [1.807, 2.05) is 30.3 Å². The number of hydrogen-bond acceptors (Lipinski definition) is 4. The number of nitrogen functional groups attached to an aromatic ring is 1. The van der Waals surface area contributed by atoms with E-state index in [1.54, 1.807) is 10.4 Å². The fourth-order valence-electron chi connectivity index (χ4n) is 3.74. The maximum atomic E-state index is 12.8. The first-order valence-corrected chi connectivity index (χ1v) is 10.2. The van der Waals surface area contributed by atoms with Crippen LogP contribution >= 0.6 is 12.4 Å². The first kappa shape index (κ1) is 19.0. The number of halogens is 1. The highest BCUT2D eigenvalue weighted by Gasteiger charge is 2.29. The van der Waals surface area contributed by atoms with Crippen molar-refractivity contribution in [3.63, 3.8) is 0 Å². The first-order chi connectivity index (χ1) is 12.0. The standard InChI is InChI=1S/C19H23N3O2S.ClH/c20-17-5-3-4-15(12-17)14-21-11-8-16-6-7-18(13-19(16)21)25(23,24)22-9-1-2-10-22;/h3-7,12-13H,1-2,8-11,14,20H2;1H. The number of hydrogen-bond donors (Lipinski definition) is 1. The van der Waals surface area contributed by atoms with Crippen LogP contribution in [0.25, 0.3) is 0 Å². The molecular weight excluding hydrogens is 370 g/mol. The molecule has 1 fully saturated rings. The van der Waals surface area contributed by atoms with Gasteiger partial charge in [0.1, 0.15) is 0 Å². The van der Waals surface area contributed by atoms with Crippen molar-refractivity contribution in [1.29, 1.82) is 0 Å². The zero-order valence-electron chi connectivity index (χ0n) is 14.6. The highest BCUT2D eigenvalue weighted by molar-refractivity contribution is 7.89. The Balaban J connectivity index is 0.00000196. The maximum Gasteiger partial charge on any atom is 0.243 e. The summed E-state index contributed by atoms with van der Waals surface area (Å²) in [5, 5.41) is 0. The van der Waals surface area contributed by atoms with E-state index in [0.29, 0.717) is 18.0 Å². The molecule has 0 radical (unpaired) electrons. The number of anilines is 2. The van der Waals surface area contributed by atoms with Crippen molar-refractivity contribution in [2.24, 2.45) is 0 Å². The molecule has 1 saturated heterocycles. The molecule has 26 heavy (non-hydrogen) atoms. The number of sulfonamides is 1. The maximum absolute atomic E-state index is 12.8. The second kappa shape index (κ2) is 7.47. The third-order valence-corrected chi connectivity index (χ3v) is 6.97. The Labute approximate surface area is 161 Å². The summed E-state index contributed by atoms with van der Waals surface area (Å²) in [6.45, 7) is 2.90. The molecule has 0 unspecified atom stereocenters. The molecule has 2 aromatic carbocycles. The van der Waals surface area contributed by atoms with E-state index in [9.17, 15) is 8.42 Å². The van der Waals surface area contributed by atoms with Crippen LogP contribution in [-0.2, 0) is 23.0 Å². The van der Waals surface area contributed by atoms with Crippen LogP contribution in [0.4, 0.5) is 11.4 Å². The predicted molar refractivity (Wildman–Crippen MR) is 107 cm³/mol. The number of rotatable bonds is 4. The molecule has 2 aliphatic rings. The van der Waals surface area contributed by atoms with E-state index >= 15 is 0 Å². The molecule has 2 aliphatic heterocycles. The van der Waals surface area contributed by atoms with Gasteiger partial charge in [-0.25, -0.2) is 8.42 Å². The summed E-state index contributed by atoms with van der Waals surface area (Å²) in [6.07, 6.45) is 2.85. The van der Waals surface area contributed by atoms with Crippen molar-refractivity contribution in [3.8, 4) is 0 Å². The van der Waals surface area contributed by atoms with Crippen LogP contribution in [0, 0.1) is 0 Å². The van der Waals surface area contributed by atoms with Crippen LogP contribution < -0.4 is 10.6 Å². The van der Waals surface area contributed by atoms with Gasteiger partial charge in [0, 0.05) is 37.6 Å². The lowest BCUT2D eigenvalue weighted by Gasteiger charge is -2.21. The highest BCUT2D eigenvalue weighted by atomic mass is 35.5. The van der Waals surface area contributed by atoms with Crippen molar-refractivity contribution >= 4 is 33.8 Å². The van der Waals surface area contributed by atoms with E-state index < -0.39 is 10.0 Å². The third kappa shape index (κ3) is 3.54. The molecule has 2 N–H and O–H groups in total. The summed E-state index contributed by atoms with van der Waals surface area (Å²) in [7, 11) is -3.38. The molecule has 0 aromatic heterocycles. The van der Waals surface area contributed by atoms with Gasteiger partial charge in [-0.2, -0.15) is 4.31 Å². The van der Waals surface area contributed by atoms with Gasteiger partial charge in [-0.05, 0) is 54.7 Å². The molecule has 140 valence electrons. The summed E-state index contributed by atoms with van der Waals surface area (Å²) in [6, 6.07) is 13.4. The molecule has 5 nitrogen and oxygen atoms in total. The van der Waals surface area contributed by atoms with Crippen LogP contribution in [0.5, 0.6) is 0 Å². The second-order valence-corrected chi connectivity index (χ2v) is 8.76. The smallest absolute Gasteiger partial charge is 0.243 e. The molecule has 4 rings (SSSR count). The fourth-order valence-corrected chi connectivity index (χ4v) is 5.28. The Morgan fingerprint density at radius 2 is 1.77 bits per heavy atom. The Kier molecular flexibility index (Phi) is 5.46. The summed E-state index contributed by atoms with van der Waals surface area (Å²) in [5.41, 5.74) is 10.0. The van der Waals surface area contributed by atoms with Crippen LogP contribution in [0.2, 0.25) is 0 Å². The lowest BCUT2D eigenvalue weighted by molar-refractivity contribution is 0.477. The molecule has 0 bridgehead atoms. The molecule has 7 heteroatoms. The quantitative estimate of drug-likeness (QED) is 0.811. The number of benzene rings is 2. The number of nitrogens with zero attached hydrogens (tertiary/aromatic N) is 2. The van der Waals surface area contributed by atoms with E-state index in [4.69, 9.17) is 5.73 Å². The predicted octanol–water partition coefficient (Wildman–Crippen LogP) is 3.04. The molecule has 0 spiro atoms. The van der Waals surface area contributed by atoms with Crippen molar-refractivity contribution in [2.45, 2.75) is 30.7 Å². The Morgan fingerprint density at radius 1 is 1.00 bits per heavy atom. The van der Waals surface area contributed by atoms with Gasteiger partial charge < -0.3 is 10.6 Å². The third-order valence-electron chi connectivity index (χ3n) is 5.08. The minimum absolute atomic E-state index is 0. The first-order valence-electron chi connectivity index (χ1n) is 8.76. The van der Waals surface area contributed by atoms with Crippen molar-refractivity contribution < 1.29 is 8.42 Å². The summed E-state index contributed by atoms with van der Waals surface area (Å²) in [5.74, 6) is 0. The molecule has 2 heterocycles. The Hall–Kier alpha value is -1.76. The van der Waals surface area contributed by atoms with Crippen molar-refractivity contribution in [3.05, 3.63) is 53.6 Å². The van der Waals surface area contributed by atoms with Gasteiger partial charge in [0.15, 0.2) is 0 Å². The van der Waals surface area contributed by atoms with Gasteiger partial charge in [0.2, 0.25) is 10.0 Å². The summed E-state index contributed by atoms with van der Waals surface area (Å²) < 4.78 is 27.3. The minimum Gasteiger partial charge on any atom is -0.399 e. The fraction of sp³-hybridized carbons (Fsp3) is 0.368. The van der Waals surface area contributed by atoms with Crippen LogP contribution in [0.3, 0.4) is 0 Å². The van der Waals surface area contributed by atoms with Gasteiger partial charge in [-0.15, -0.1) is 12.4 Å². The van der Waals surface area contributed by atoms with E-state index in [0.717, 1.165) is 49.3 Å². The second-order valence-electron chi connectivity index (χ2n) is 6.82. The molecule has 0 aliphatic carbocycles. The van der Waals surface area contributed by atoms with Gasteiger partial charge in [0.05, 0.1) is 4.90 Å². The largest absolute Gasteiger partial charge is 0.399 e. The number of fused-ring (bicyclic) bond motifs is 1. The number of nitrogens with two attached hydrogens (primary N) is 1. The zero-order chi connectivity index (χ0) is 17.4. The SMILES string of the molecule is Cl.Nc1cccc(CN2CCc3ccc(S(=O)(=O)N4CCCC4)cc32)c1. The molecule has 0 atom stereocenters.